The number of likely N-dealkylation sites (tertiary alicyclic amines) is 1. The van der Waals surface area contributed by atoms with Crippen LogP contribution in [0.1, 0.15) is 32.0 Å². The fourth-order valence-corrected chi connectivity index (χ4v) is 3.68. The number of thiazole rings is 1. The fraction of sp³-hybridized carbons (Fsp3) is 0.353. The normalized spacial score (nSPS) is 16.9. The predicted octanol–water partition coefficient (Wildman–Crippen LogP) is 2.36. The third kappa shape index (κ3) is 3.79. The topological polar surface area (TPSA) is 85.5 Å². The van der Waals surface area contributed by atoms with Crippen molar-refractivity contribution in [1.82, 2.24) is 9.88 Å². The maximum absolute atomic E-state index is 13.7. The third-order valence-electron chi connectivity index (χ3n) is 4.27. The van der Waals surface area contributed by atoms with Crippen molar-refractivity contribution in [2.75, 3.05) is 25.9 Å². The van der Waals surface area contributed by atoms with Gasteiger partial charge in [-0.1, -0.05) is 17.4 Å². The second-order valence-corrected chi connectivity index (χ2v) is 7.04. The lowest BCUT2D eigenvalue weighted by molar-refractivity contribution is 0.0595. The standard InChI is InChI=1S/C17H18FN3O3S/c1-24-16(23)12-7-10(2-3-13(12)18)6-11-4-5-21(9-11)15(22)14-8-20-17(19)25-14/h2-3,7-8,11H,4-6,9H2,1H3,(H2,19,20). The number of amides is 1. The van der Waals surface area contributed by atoms with Crippen LogP contribution in [0.15, 0.2) is 24.4 Å². The van der Waals surface area contributed by atoms with Crippen molar-refractivity contribution in [1.29, 1.82) is 0 Å². The van der Waals surface area contributed by atoms with Gasteiger partial charge in [0.25, 0.3) is 5.91 Å². The van der Waals surface area contributed by atoms with Crippen molar-refractivity contribution < 1.29 is 18.7 Å². The lowest BCUT2D eigenvalue weighted by Crippen LogP contribution is -2.28. The molecule has 0 spiro atoms. The third-order valence-corrected chi connectivity index (χ3v) is 5.08. The minimum atomic E-state index is -0.689. The zero-order valence-corrected chi connectivity index (χ0v) is 14.5. The van der Waals surface area contributed by atoms with Gasteiger partial charge in [-0.2, -0.15) is 0 Å². The molecule has 1 fully saturated rings. The number of esters is 1. The number of nitrogens with zero attached hydrogens (tertiary/aromatic N) is 2. The maximum atomic E-state index is 13.7. The van der Waals surface area contributed by atoms with Gasteiger partial charge in [0.15, 0.2) is 5.13 Å². The number of benzene rings is 1. The summed E-state index contributed by atoms with van der Waals surface area (Å²) in [6.45, 7) is 1.27. The SMILES string of the molecule is COC(=O)c1cc(CC2CCN(C(=O)c3cnc(N)s3)C2)ccc1F. The lowest BCUT2D eigenvalue weighted by atomic mass is 9.97. The van der Waals surface area contributed by atoms with Crippen LogP contribution >= 0.6 is 11.3 Å². The Morgan fingerprint density at radius 2 is 2.28 bits per heavy atom. The highest BCUT2D eigenvalue weighted by molar-refractivity contribution is 7.17. The van der Waals surface area contributed by atoms with Crippen molar-refractivity contribution >= 4 is 28.3 Å². The van der Waals surface area contributed by atoms with E-state index in [0.717, 1.165) is 12.0 Å². The van der Waals surface area contributed by atoms with Gasteiger partial charge in [0.1, 0.15) is 10.7 Å². The second-order valence-electron chi connectivity index (χ2n) is 5.98. The summed E-state index contributed by atoms with van der Waals surface area (Å²) in [5.74, 6) is -1.09. The van der Waals surface area contributed by atoms with Crippen LogP contribution in [0.3, 0.4) is 0 Å². The molecule has 1 unspecified atom stereocenters. The molecular weight excluding hydrogens is 345 g/mol. The van der Waals surface area contributed by atoms with Crippen LogP contribution in [0.4, 0.5) is 9.52 Å². The molecular formula is C17H18FN3O3S. The molecule has 1 aliphatic rings. The first-order valence-electron chi connectivity index (χ1n) is 7.85. The molecule has 1 aliphatic heterocycles. The summed E-state index contributed by atoms with van der Waals surface area (Å²) in [5.41, 5.74) is 6.36. The number of nitrogen functional groups attached to an aromatic ring is 1. The molecule has 2 heterocycles. The predicted molar refractivity (Wildman–Crippen MR) is 92.0 cm³/mol. The number of carbonyl (C=O) groups excluding carboxylic acids is 2. The number of anilines is 1. The van der Waals surface area contributed by atoms with Crippen molar-refractivity contribution in [3.05, 3.63) is 46.2 Å². The Bertz CT molecular complexity index is 808. The number of hydrogen-bond donors (Lipinski definition) is 1. The molecule has 6 nitrogen and oxygen atoms in total. The number of halogens is 1. The zero-order chi connectivity index (χ0) is 18.0. The Balaban J connectivity index is 1.65. The quantitative estimate of drug-likeness (QED) is 0.843. The summed E-state index contributed by atoms with van der Waals surface area (Å²) in [4.78, 5) is 30.2. The molecule has 1 aromatic carbocycles. The van der Waals surface area contributed by atoms with Crippen LogP contribution in [0.2, 0.25) is 0 Å². The molecule has 0 aliphatic carbocycles. The Labute approximate surface area is 148 Å². The second kappa shape index (κ2) is 7.18. The van der Waals surface area contributed by atoms with E-state index in [-0.39, 0.29) is 17.4 Å². The minimum Gasteiger partial charge on any atom is -0.465 e. The molecule has 1 amide bonds. The van der Waals surface area contributed by atoms with E-state index < -0.39 is 11.8 Å². The Morgan fingerprint density at radius 1 is 1.48 bits per heavy atom. The average Bonchev–Trinajstić information content (AvgIpc) is 3.24. The lowest BCUT2D eigenvalue weighted by Gasteiger charge is -2.15. The molecule has 0 bridgehead atoms. The molecule has 1 aromatic heterocycles. The van der Waals surface area contributed by atoms with Crippen molar-refractivity contribution in [2.24, 2.45) is 5.92 Å². The molecule has 3 rings (SSSR count). The summed E-state index contributed by atoms with van der Waals surface area (Å²) in [7, 11) is 1.22. The maximum Gasteiger partial charge on any atom is 0.340 e. The molecule has 25 heavy (non-hydrogen) atoms. The van der Waals surface area contributed by atoms with Crippen molar-refractivity contribution in [3.8, 4) is 0 Å². The number of rotatable bonds is 4. The summed E-state index contributed by atoms with van der Waals surface area (Å²) in [6, 6.07) is 4.46. The number of hydrogen-bond acceptors (Lipinski definition) is 6. The van der Waals surface area contributed by atoms with E-state index in [2.05, 4.69) is 9.72 Å². The van der Waals surface area contributed by atoms with Gasteiger partial charge in [-0.05, 0) is 36.5 Å². The molecule has 1 saturated heterocycles. The largest absolute Gasteiger partial charge is 0.465 e. The Hall–Kier alpha value is -2.48. The van der Waals surface area contributed by atoms with E-state index >= 15 is 0 Å². The average molecular weight is 363 g/mol. The highest BCUT2D eigenvalue weighted by atomic mass is 32.1. The van der Waals surface area contributed by atoms with Crippen LogP contribution in [0, 0.1) is 11.7 Å². The van der Waals surface area contributed by atoms with Gasteiger partial charge in [0.2, 0.25) is 0 Å². The van der Waals surface area contributed by atoms with Gasteiger partial charge >= 0.3 is 5.97 Å². The zero-order valence-electron chi connectivity index (χ0n) is 13.7. The molecule has 8 heteroatoms. The molecule has 2 aromatic rings. The first-order chi connectivity index (χ1) is 12.0. The van der Waals surface area contributed by atoms with Crippen molar-refractivity contribution in [3.63, 3.8) is 0 Å². The van der Waals surface area contributed by atoms with E-state index in [1.54, 1.807) is 11.0 Å². The van der Waals surface area contributed by atoms with Gasteiger partial charge in [0.05, 0.1) is 18.9 Å². The first-order valence-corrected chi connectivity index (χ1v) is 8.67. The van der Waals surface area contributed by atoms with Gasteiger partial charge in [0, 0.05) is 13.1 Å². The molecule has 0 radical (unpaired) electrons. The number of aromatic nitrogens is 1. The molecule has 2 N–H and O–H groups in total. The van der Waals surface area contributed by atoms with Gasteiger partial charge in [-0.15, -0.1) is 0 Å². The highest BCUT2D eigenvalue weighted by Gasteiger charge is 2.28. The van der Waals surface area contributed by atoms with Gasteiger partial charge in [-0.3, -0.25) is 4.79 Å². The molecule has 0 saturated carbocycles. The van der Waals surface area contributed by atoms with E-state index in [1.165, 1.54) is 36.8 Å². The smallest absolute Gasteiger partial charge is 0.340 e. The minimum absolute atomic E-state index is 0.0638. The molecule has 132 valence electrons. The number of carbonyl (C=O) groups is 2. The summed E-state index contributed by atoms with van der Waals surface area (Å²) in [6.07, 6.45) is 3.02. The summed E-state index contributed by atoms with van der Waals surface area (Å²) < 4.78 is 18.3. The van der Waals surface area contributed by atoms with Crippen LogP contribution in [-0.4, -0.2) is 42.0 Å². The monoisotopic (exact) mass is 363 g/mol. The summed E-state index contributed by atoms with van der Waals surface area (Å²) >= 11 is 1.18. The fourth-order valence-electron chi connectivity index (χ4n) is 3.03. The van der Waals surface area contributed by atoms with E-state index in [9.17, 15) is 14.0 Å². The number of ether oxygens (including phenoxy) is 1. The van der Waals surface area contributed by atoms with Crippen LogP contribution in [0.5, 0.6) is 0 Å². The van der Waals surface area contributed by atoms with E-state index in [1.807, 2.05) is 0 Å². The highest BCUT2D eigenvalue weighted by Crippen LogP contribution is 2.25. The number of methoxy groups -OCH3 is 1. The summed E-state index contributed by atoms with van der Waals surface area (Å²) in [5, 5.41) is 0.376. The van der Waals surface area contributed by atoms with Crippen LogP contribution < -0.4 is 5.73 Å². The van der Waals surface area contributed by atoms with Crippen LogP contribution in [-0.2, 0) is 11.2 Å². The Kier molecular flexibility index (Phi) is 4.98. The van der Waals surface area contributed by atoms with Gasteiger partial charge < -0.3 is 15.4 Å². The Morgan fingerprint density at radius 3 is 2.96 bits per heavy atom. The first kappa shape index (κ1) is 17.3. The van der Waals surface area contributed by atoms with E-state index in [0.29, 0.717) is 29.5 Å². The molecule has 1 atom stereocenters. The van der Waals surface area contributed by atoms with E-state index in [4.69, 9.17) is 5.73 Å². The van der Waals surface area contributed by atoms with Crippen LogP contribution in [0.25, 0.3) is 0 Å². The van der Waals surface area contributed by atoms with Crippen molar-refractivity contribution in [2.45, 2.75) is 12.8 Å². The number of nitrogens with two attached hydrogens (primary N) is 1. The van der Waals surface area contributed by atoms with Gasteiger partial charge in [-0.25, -0.2) is 14.2 Å².